The van der Waals surface area contributed by atoms with Crippen LogP contribution in [0.2, 0.25) is 0 Å². The van der Waals surface area contributed by atoms with Crippen molar-refractivity contribution < 1.29 is 19.4 Å². The maximum atomic E-state index is 9.89. The highest BCUT2D eigenvalue weighted by molar-refractivity contribution is 7.36. The SMILES string of the molecule is O=C(O)CNCC[P+](=O)[O-]. The Hall–Kier alpha value is -0.510. The number of carboxylic acids is 1. The topological polar surface area (TPSA) is 89.5 Å². The minimum absolute atomic E-state index is 0.0113. The zero-order valence-corrected chi connectivity index (χ0v) is 6.13. The van der Waals surface area contributed by atoms with Crippen LogP contribution >= 0.6 is 8.03 Å². The molecule has 5 nitrogen and oxygen atoms in total. The molecule has 0 radical (unpaired) electrons. The van der Waals surface area contributed by atoms with Gasteiger partial charge in [-0.3, -0.25) is 4.79 Å². The van der Waals surface area contributed by atoms with E-state index in [1.165, 1.54) is 0 Å². The van der Waals surface area contributed by atoms with Crippen molar-refractivity contribution in [2.75, 3.05) is 19.3 Å². The van der Waals surface area contributed by atoms with Gasteiger partial charge >= 0.3 is 14.0 Å². The number of carboxylic acid groups (broad SMARTS) is 1. The van der Waals surface area contributed by atoms with E-state index in [-0.39, 0.29) is 19.3 Å². The summed E-state index contributed by atoms with van der Waals surface area (Å²) in [4.78, 5) is 19.7. The van der Waals surface area contributed by atoms with Gasteiger partial charge in [0.05, 0.1) is 6.54 Å². The van der Waals surface area contributed by atoms with Gasteiger partial charge in [0.15, 0.2) is 6.16 Å². The molecule has 0 aliphatic heterocycles. The van der Waals surface area contributed by atoms with Crippen molar-refractivity contribution in [3.63, 3.8) is 0 Å². The van der Waals surface area contributed by atoms with E-state index in [0.717, 1.165) is 0 Å². The largest absolute Gasteiger partial charge is 0.596 e. The molecule has 1 unspecified atom stereocenters. The van der Waals surface area contributed by atoms with Crippen molar-refractivity contribution in [2.45, 2.75) is 0 Å². The summed E-state index contributed by atoms with van der Waals surface area (Å²) in [5.74, 6) is -0.985. The predicted molar refractivity (Wildman–Crippen MR) is 33.0 cm³/mol. The van der Waals surface area contributed by atoms with Crippen molar-refractivity contribution in [1.82, 2.24) is 5.32 Å². The molecule has 0 saturated heterocycles. The number of rotatable bonds is 5. The molecule has 1 atom stereocenters. The van der Waals surface area contributed by atoms with Gasteiger partial charge in [-0.25, -0.2) is 0 Å². The fraction of sp³-hybridized carbons (Fsp3) is 0.750. The van der Waals surface area contributed by atoms with Crippen molar-refractivity contribution in [2.24, 2.45) is 0 Å². The molecule has 0 bridgehead atoms. The van der Waals surface area contributed by atoms with Gasteiger partial charge in [0, 0.05) is 6.54 Å². The molecule has 10 heavy (non-hydrogen) atoms. The smallest absolute Gasteiger partial charge is 0.317 e. The highest BCUT2D eigenvalue weighted by Crippen LogP contribution is 2.02. The molecule has 58 valence electrons. The van der Waals surface area contributed by atoms with Crippen LogP contribution in [-0.2, 0) is 9.36 Å². The molecule has 6 heteroatoms. The lowest BCUT2D eigenvalue weighted by molar-refractivity contribution is -0.164. The summed E-state index contributed by atoms with van der Waals surface area (Å²) in [6.07, 6.45) is -0.0113. The van der Waals surface area contributed by atoms with Gasteiger partial charge < -0.3 is 15.3 Å². The maximum absolute atomic E-state index is 9.89. The first kappa shape index (κ1) is 9.49. The third kappa shape index (κ3) is 7.49. The monoisotopic (exact) mass is 165 g/mol. The molecule has 0 aromatic rings. The van der Waals surface area contributed by atoms with Crippen LogP contribution in [0, 0.1) is 0 Å². The van der Waals surface area contributed by atoms with E-state index in [2.05, 4.69) is 5.32 Å². The van der Waals surface area contributed by atoms with Gasteiger partial charge in [-0.05, 0) is 0 Å². The first-order valence-electron chi connectivity index (χ1n) is 2.67. The zero-order chi connectivity index (χ0) is 7.98. The van der Waals surface area contributed by atoms with Crippen molar-refractivity contribution >= 4 is 14.0 Å². The lowest BCUT2D eigenvalue weighted by Crippen LogP contribution is -2.25. The van der Waals surface area contributed by atoms with Crippen LogP contribution < -0.4 is 10.2 Å². The highest BCUT2D eigenvalue weighted by atomic mass is 31.1. The number of nitrogens with one attached hydrogen (secondary N) is 1. The molecule has 0 saturated carbocycles. The lowest BCUT2D eigenvalue weighted by Gasteiger charge is -1.94. The van der Waals surface area contributed by atoms with Crippen LogP contribution in [0.5, 0.6) is 0 Å². The van der Waals surface area contributed by atoms with Crippen molar-refractivity contribution in [1.29, 1.82) is 0 Å². The van der Waals surface area contributed by atoms with E-state index >= 15 is 0 Å². The lowest BCUT2D eigenvalue weighted by atomic mass is 10.6. The molecule has 0 heterocycles. The van der Waals surface area contributed by atoms with E-state index in [9.17, 15) is 14.3 Å². The molecule has 0 aliphatic carbocycles. The minimum atomic E-state index is -2.39. The maximum Gasteiger partial charge on any atom is 0.317 e. The Balaban J connectivity index is 3.06. The average Bonchev–Trinajstić information content (AvgIpc) is 1.79. The summed E-state index contributed by atoms with van der Waals surface area (Å²) in [6, 6.07) is 0. The molecule has 0 aromatic heterocycles. The fourth-order valence-corrected chi connectivity index (χ4v) is 0.706. The first-order chi connectivity index (χ1) is 4.63. The Kier molecular flexibility index (Phi) is 5.02. The molecule has 0 aromatic carbocycles. The number of hydrogen-bond donors (Lipinski definition) is 2. The summed E-state index contributed by atoms with van der Waals surface area (Å²) in [6.45, 7) is 0.00811. The third-order valence-electron chi connectivity index (χ3n) is 0.747. The van der Waals surface area contributed by atoms with Crippen molar-refractivity contribution in [3.8, 4) is 0 Å². The number of hydrogen-bond acceptors (Lipinski definition) is 4. The fourth-order valence-electron chi connectivity index (χ4n) is 0.366. The average molecular weight is 165 g/mol. The van der Waals surface area contributed by atoms with Crippen LogP contribution in [0.25, 0.3) is 0 Å². The molecular weight excluding hydrogens is 157 g/mol. The third-order valence-corrected chi connectivity index (χ3v) is 1.34. The van der Waals surface area contributed by atoms with Gasteiger partial charge in [0.2, 0.25) is 0 Å². The van der Waals surface area contributed by atoms with E-state index in [4.69, 9.17) is 5.11 Å². The van der Waals surface area contributed by atoms with Crippen LogP contribution in [0.3, 0.4) is 0 Å². The summed E-state index contributed by atoms with van der Waals surface area (Å²) < 4.78 is 9.89. The summed E-state index contributed by atoms with van der Waals surface area (Å²) in [5.41, 5.74) is 0. The van der Waals surface area contributed by atoms with Gasteiger partial charge in [0.1, 0.15) is 0 Å². The second kappa shape index (κ2) is 5.29. The molecular formula is C4H8NO4P. The highest BCUT2D eigenvalue weighted by Gasteiger charge is 1.99. The van der Waals surface area contributed by atoms with Crippen LogP contribution in [-0.4, -0.2) is 30.3 Å². The van der Waals surface area contributed by atoms with E-state index in [1.54, 1.807) is 0 Å². The summed E-state index contributed by atoms with van der Waals surface area (Å²) in [7, 11) is -2.39. The number of carbonyl (C=O) groups is 1. The quantitative estimate of drug-likeness (QED) is 0.393. The van der Waals surface area contributed by atoms with E-state index < -0.39 is 14.0 Å². The molecule has 2 N–H and O–H groups in total. The Morgan fingerprint density at radius 1 is 1.70 bits per heavy atom. The Labute approximate surface area is 58.9 Å². The van der Waals surface area contributed by atoms with Gasteiger partial charge in [-0.15, -0.1) is 0 Å². The first-order valence-corrected chi connectivity index (χ1v) is 4.03. The minimum Gasteiger partial charge on any atom is -0.596 e. The molecule has 0 amide bonds. The second-order valence-electron chi connectivity index (χ2n) is 1.63. The van der Waals surface area contributed by atoms with Crippen molar-refractivity contribution in [3.05, 3.63) is 0 Å². The molecule has 0 aliphatic rings. The molecule has 0 fully saturated rings. The van der Waals surface area contributed by atoms with Gasteiger partial charge in [0.25, 0.3) is 0 Å². The van der Waals surface area contributed by atoms with E-state index in [1.807, 2.05) is 0 Å². The van der Waals surface area contributed by atoms with Crippen LogP contribution in [0.4, 0.5) is 0 Å². The summed E-state index contributed by atoms with van der Waals surface area (Å²) >= 11 is 0. The Morgan fingerprint density at radius 2 is 2.30 bits per heavy atom. The molecule has 0 rings (SSSR count). The molecule has 0 spiro atoms. The zero-order valence-electron chi connectivity index (χ0n) is 5.24. The summed E-state index contributed by atoms with van der Waals surface area (Å²) in [5, 5.41) is 10.5. The van der Waals surface area contributed by atoms with Gasteiger partial charge in [-0.1, -0.05) is 4.57 Å². The number of aliphatic carboxylic acids is 1. The van der Waals surface area contributed by atoms with Gasteiger partial charge in [-0.2, -0.15) is 0 Å². The Morgan fingerprint density at radius 3 is 2.70 bits per heavy atom. The van der Waals surface area contributed by atoms with Crippen LogP contribution in [0.1, 0.15) is 0 Å². The second-order valence-corrected chi connectivity index (χ2v) is 2.74. The van der Waals surface area contributed by atoms with E-state index in [0.29, 0.717) is 0 Å². The normalized spacial score (nSPS) is 11.1. The standard InChI is InChI=1S/C4H8NO4P/c6-4(7)3-5-1-2-10(8)9/h5H,1-3H2,(H,6,7). The Bertz CT molecular complexity index is 121. The predicted octanol–water partition coefficient (Wildman–Crippen LogP) is -1.24. The van der Waals surface area contributed by atoms with Crippen LogP contribution in [0.15, 0.2) is 0 Å².